The van der Waals surface area contributed by atoms with Gasteiger partial charge in [-0.3, -0.25) is 9.79 Å². The van der Waals surface area contributed by atoms with Crippen LogP contribution in [0.2, 0.25) is 0 Å². The summed E-state index contributed by atoms with van der Waals surface area (Å²) in [4.78, 5) is 18.2. The van der Waals surface area contributed by atoms with E-state index in [1.807, 2.05) is 38.1 Å². The minimum absolute atomic E-state index is 0.311. The first-order valence-corrected chi connectivity index (χ1v) is 7.78. The number of fused-ring (bicyclic) bond motifs is 1. The van der Waals surface area contributed by atoms with E-state index >= 15 is 0 Å². The molecule has 0 saturated carbocycles. The summed E-state index contributed by atoms with van der Waals surface area (Å²) in [6.45, 7) is 3.97. The van der Waals surface area contributed by atoms with Crippen molar-refractivity contribution in [3.8, 4) is 5.75 Å². The number of aryl methyl sites for hydroxylation is 1. The molecule has 0 aliphatic carbocycles. The third-order valence-corrected chi connectivity index (χ3v) is 3.56. The van der Waals surface area contributed by atoms with Gasteiger partial charge in [0.15, 0.2) is 0 Å². The summed E-state index contributed by atoms with van der Waals surface area (Å²) in [7, 11) is -4.56. The van der Waals surface area contributed by atoms with Gasteiger partial charge in [-0.2, -0.15) is 0 Å². The molecule has 2 aromatic rings. The highest BCUT2D eigenvalue weighted by Crippen LogP contribution is 2.44. The minimum Gasteiger partial charge on any atom is -0.403 e. The zero-order chi connectivity index (χ0) is 14.0. The van der Waals surface area contributed by atoms with E-state index in [9.17, 15) is 4.57 Å². The average molecular weight is 280 g/mol. The van der Waals surface area contributed by atoms with Crippen LogP contribution in [0.4, 0.5) is 0 Å². The van der Waals surface area contributed by atoms with Gasteiger partial charge in [-0.1, -0.05) is 44.2 Å². The summed E-state index contributed by atoms with van der Waals surface area (Å²) in [6.07, 6.45) is 1.47. The SMILES string of the molecule is CCc1cc2ccccc2c(OP(=O)(O)O)c1CC. The molecule has 0 heterocycles. The Bertz CT molecular complexity index is 645. The van der Waals surface area contributed by atoms with Crippen LogP contribution < -0.4 is 4.52 Å². The molecule has 2 N–H and O–H groups in total. The molecule has 2 aromatic carbocycles. The first-order chi connectivity index (χ1) is 8.96. The number of phosphoric acid groups is 1. The molecule has 5 heteroatoms. The van der Waals surface area contributed by atoms with E-state index in [-0.39, 0.29) is 0 Å². The molecule has 0 saturated heterocycles. The molecular formula is C14H17O4P. The van der Waals surface area contributed by atoms with Crippen molar-refractivity contribution < 1.29 is 18.9 Å². The van der Waals surface area contributed by atoms with Crippen molar-refractivity contribution in [1.82, 2.24) is 0 Å². The van der Waals surface area contributed by atoms with Gasteiger partial charge in [0, 0.05) is 5.39 Å². The smallest absolute Gasteiger partial charge is 0.403 e. The van der Waals surface area contributed by atoms with Crippen molar-refractivity contribution >= 4 is 18.6 Å². The predicted molar refractivity (Wildman–Crippen MR) is 75.4 cm³/mol. The van der Waals surface area contributed by atoms with Crippen LogP contribution in [0.3, 0.4) is 0 Å². The third kappa shape index (κ3) is 2.98. The first kappa shape index (κ1) is 14.1. The lowest BCUT2D eigenvalue weighted by atomic mass is 9.96. The molecular weight excluding hydrogens is 263 g/mol. The molecule has 102 valence electrons. The number of phosphoric ester groups is 1. The summed E-state index contributed by atoms with van der Waals surface area (Å²) in [6, 6.07) is 9.52. The Kier molecular flexibility index (Phi) is 3.95. The third-order valence-electron chi connectivity index (χ3n) is 3.14. The van der Waals surface area contributed by atoms with Gasteiger partial charge in [-0.15, -0.1) is 0 Å². The molecule has 0 aliphatic heterocycles. The van der Waals surface area contributed by atoms with E-state index in [0.717, 1.165) is 28.3 Å². The van der Waals surface area contributed by atoms with Crippen LogP contribution in [-0.2, 0) is 17.4 Å². The number of hydrogen-bond donors (Lipinski definition) is 2. The van der Waals surface area contributed by atoms with Crippen LogP contribution in [0.15, 0.2) is 30.3 Å². The van der Waals surface area contributed by atoms with Gasteiger partial charge in [0.25, 0.3) is 0 Å². The molecule has 0 atom stereocenters. The first-order valence-electron chi connectivity index (χ1n) is 6.25. The molecule has 0 radical (unpaired) electrons. The van der Waals surface area contributed by atoms with Crippen molar-refractivity contribution in [1.29, 1.82) is 0 Å². The standard InChI is InChI=1S/C14H17O4P/c1-3-10-9-11-7-5-6-8-13(11)14(12(10)4-2)18-19(15,16)17/h5-9H,3-4H2,1-2H3,(H2,15,16,17). The van der Waals surface area contributed by atoms with Crippen LogP contribution in [0.1, 0.15) is 25.0 Å². The highest BCUT2D eigenvalue weighted by atomic mass is 31.2. The highest BCUT2D eigenvalue weighted by Gasteiger charge is 2.21. The van der Waals surface area contributed by atoms with Crippen molar-refractivity contribution in [2.24, 2.45) is 0 Å². The molecule has 0 unspecified atom stereocenters. The van der Waals surface area contributed by atoms with Crippen LogP contribution in [0.25, 0.3) is 10.8 Å². The Morgan fingerprint density at radius 1 is 1.16 bits per heavy atom. The molecule has 0 bridgehead atoms. The summed E-state index contributed by atoms with van der Waals surface area (Å²) in [5.74, 6) is 0.311. The van der Waals surface area contributed by atoms with Crippen molar-refractivity contribution in [2.45, 2.75) is 26.7 Å². The van der Waals surface area contributed by atoms with E-state index in [4.69, 9.17) is 14.3 Å². The largest absolute Gasteiger partial charge is 0.524 e. The van der Waals surface area contributed by atoms with Gasteiger partial charge in [0.2, 0.25) is 0 Å². The monoisotopic (exact) mass is 280 g/mol. The van der Waals surface area contributed by atoms with Crippen molar-refractivity contribution in [3.63, 3.8) is 0 Å². The Balaban J connectivity index is 2.77. The van der Waals surface area contributed by atoms with Gasteiger partial charge in [-0.05, 0) is 29.4 Å². The van der Waals surface area contributed by atoms with Crippen LogP contribution in [0.5, 0.6) is 5.75 Å². The Morgan fingerprint density at radius 2 is 1.84 bits per heavy atom. The topological polar surface area (TPSA) is 66.8 Å². The van der Waals surface area contributed by atoms with Gasteiger partial charge in [0.1, 0.15) is 5.75 Å². The molecule has 0 spiro atoms. The second-order valence-corrected chi connectivity index (χ2v) is 5.52. The fourth-order valence-electron chi connectivity index (χ4n) is 2.34. The van der Waals surface area contributed by atoms with E-state index < -0.39 is 7.82 Å². The molecule has 0 amide bonds. The fourth-order valence-corrected chi connectivity index (χ4v) is 2.79. The Hall–Kier alpha value is -1.35. The maximum atomic E-state index is 11.2. The van der Waals surface area contributed by atoms with Crippen LogP contribution >= 0.6 is 7.82 Å². The van der Waals surface area contributed by atoms with Crippen LogP contribution in [0, 0.1) is 0 Å². The highest BCUT2D eigenvalue weighted by molar-refractivity contribution is 7.46. The lowest BCUT2D eigenvalue weighted by Gasteiger charge is -2.17. The molecule has 19 heavy (non-hydrogen) atoms. The second kappa shape index (κ2) is 5.33. The zero-order valence-corrected chi connectivity index (χ0v) is 11.9. The quantitative estimate of drug-likeness (QED) is 0.842. The van der Waals surface area contributed by atoms with E-state index in [2.05, 4.69) is 6.07 Å². The molecule has 0 aliphatic rings. The normalized spacial score (nSPS) is 11.8. The molecule has 0 aromatic heterocycles. The maximum absolute atomic E-state index is 11.2. The predicted octanol–water partition coefficient (Wildman–Crippen LogP) is 3.44. The lowest BCUT2D eigenvalue weighted by molar-refractivity contribution is 0.283. The number of rotatable bonds is 4. The van der Waals surface area contributed by atoms with Crippen molar-refractivity contribution in [3.05, 3.63) is 41.5 Å². The van der Waals surface area contributed by atoms with Gasteiger partial charge in [-0.25, -0.2) is 4.57 Å². The van der Waals surface area contributed by atoms with Gasteiger partial charge >= 0.3 is 7.82 Å². The average Bonchev–Trinajstić information content (AvgIpc) is 2.36. The number of benzene rings is 2. The summed E-state index contributed by atoms with van der Waals surface area (Å²) in [5, 5.41) is 1.67. The van der Waals surface area contributed by atoms with E-state index in [1.165, 1.54) is 0 Å². The Morgan fingerprint density at radius 3 is 2.42 bits per heavy atom. The minimum atomic E-state index is -4.56. The summed E-state index contributed by atoms with van der Waals surface area (Å²) in [5.41, 5.74) is 1.93. The molecule has 4 nitrogen and oxygen atoms in total. The maximum Gasteiger partial charge on any atom is 0.524 e. The van der Waals surface area contributed by atoms with E-state index in [0.29, 0.717) is 12.2 Å². The van der Waals surface area contributed by atoms with Crippen molar-refractivity contribution in [2.75, 3.05) is 0 Å². The number of hydrogen-bond acceptors (Lipinski definition) is 2. The summed E-state index contributed by atoms with van der Waals surface area (Å²) < 4.78 is 16.1. The van der Waals surface area contributed by atoms with Gasteiger partial charge in [0.05, 0.1) is 0 Å². The Labute approximate surface area is 112 Å². The lowest BCUT2D eigenvalue weighted by Crippen LogP contribution is -2.00. The fraction of sp³-hybridized carbons (Fsp3) is 0.286. The van der Waals surface area contributed by atoms with Crippen LogP contribution in [-0.4, -0.2) is 9.79 Å². The second-order valence-electron chi connectivity index (χ2n) is 4.35. The zero-order valence-electron chi connectivity index (χ0n) is 11.0. The summed E-state index contributed by atoms with van der Waals surface area (Å²) >= 11 is 0. The molecule has 2 rings (SSSR count). The van der Waals surface area contributed by atoms with Gasteiger partial charge < -0.3 is 4.52 Å². The molecule has 0 fully saturated rings. The van der Waals surface area contributed by atoms with E-state index in [1.54, 1.807) is 0 Å².